The highest BCUT2D eigenvalue weighted by Gasteiger charge is 2.23. The van der Waals surface area contributed by atoms with E-state index in [9.17, 15) is 9.59 Å². The van der Waals surface area contributed by atoms with Crippen molar-refractivity contribution in [3.63, 3.8) is 0 Å². The summed E-state index contributed by atoms with van der Waals surface area (Å²) in [5, 5.41) is 9.13. The highest BCUT2D eigenvalue weighted by molar-refractivity contribution is 6.32. The van der Waals surface area contributed by atoms with Crippen molar-refractivity contribution in [2.75, 3.05) is 7.11 Å². The van der Waals surface area contributed by atoms with Gasteiger partial charge in [-0.25, -0.2) is 0 Å². The highest BCUT2D eigenvalue weighted by Crippen LogP contribution is 2.30. The van der Waals surface area contributed by atoms with Crippen molar-refractivity contribution >= 4 is 39.3 Å². The van der Waals surface area contributed by atoms with E-state index in [2.05, 4.69) is 10.4 Å². The number of halogens is 1. The molecule has 0 aliphatic carbocycles. The fourth-order valence-electron chi connectivity index (χ4n) is 4.27. The zero-order chi connectivity index (χ0) is 24.7. The van der Waals surface area contributed by atoms with Gasteiger partial charge in [0.05, 0.1) is 17.8 Å². The number of ether oxygens (including phenoxy) is 1. The van der Waals surface area contributed by atoms with E-state index in [1.54, 1.807) is 22.8 Å². The van der Waals surface area contributed by atoms with Gasteiger partial charge in [0.1, 0.15) is 11.3 Å². The van der Waals surface area contributed by atoms with Crippen LogP contribution in [-0.2, 0) is 13.6 Å². The zero-order valence-electron chi connectivity index (χ0n) is 19.5. The van der Waals surface area contributed by atoms with Crippen LogP contribution in [0.2, 0.25) is 5.02 Å². The lowest BCUT2D eigenvalue weighted by Crippen LogP contribution is -2.30. The predicted molar refractivity (Wildman–Crippen MR) is 138 cm³/mol. The molecule has 35 heavy (non-hydrogen) atoms. The van der Waals surface area contributed by atoms with Gasteiger partial charge in [-0.05, 0) is 36.8 Å². The Morgan fingerprint density at radius 1 is 1.09 bits per heavy atom. The van der Waals surface area contributed by atoms with E-state index in [4.69, 9.17) is 16.3 Å². The summed E-state index contributed by atoms with van der Waals surface area (Å²) >= 11 is 6.32. The number of rotatable bonds is 5. The molecule has 0 bridgehead atoms. The molecule has 5 rings (SSSR count). The summed E-state index contributed by atoms with van der Waals surface area (Å²) in [4.78, 5) is 27.1. The fourth-order valence-corrected chi connectivity index (χ4v) is 4.52. The molecule has 0 saturated heterocycles. The average Bonchev–Trinajstić information content (AvgIpc) is 3.17. The van der Waals surface area contributed by atoms with Crippen molar-refractivity contribution in [2.24, 2.45) is 7.05 Å². The van der Waals surface area contributed by atoms with Gasteiger partial charge in [0.2, 0.25) is 0 Å². The van der Waals surface area contributed by atoms with Gasteiger partial charge in [-0.3, -0.25) is 9.59 Å². The molecular formula is C27H23ClN4O3. The topological polar surface area (TPSA) is 78.2 Å². The lowest BCUT2D eigenvalue weighted by molar-refractivity contribution is 0.0946. The van der Waals surface area contributed by atoms with E-state index >= 15 is 0 Å². The molecule has 0 spiro atoms. The third-order valence-corrected chi connectivity index (χ3v) is 6.40. The molecule has 0 aliphatic rings. The molecule has 8 heteroatoms. The number of hydrogen-bond donors (Lipinski definition) is 1. The van der Waals surface area contributed by atoms with Gasteiger partial charge < -0.3 is 14.6 Å². The second-order valence-electron chi connectivity index (χ2n) is 8.35. The van der Waals surface area contributed by atoms with Crippen LogP contribution in [0.1, 0.15) is 21.6 Å². The first-order valence-corrected chi connectivity index (χ1v) is 11.4. The molecule has 0 fully saturated rings. The number of para-hydroxylation sites is 1. The average molecular weight is 487 g/mol. The van der Waals surface area contributed by atoms with Crippen molar-refractivity contribution in [3.8, 4) is 11.4 Å². The van der Waals surface area contributed by atoms with Crippen LogP contribution < -0.4 is 15.6 Å². The lowest BCUT2D eigenvalue weighted by Gasteiger charge is -2.12. The molecule has 2 heterocycles. The SMILES string of the molecule is COc1ccc(-n2nc(C(=O)NCc3ccc(C)cc3)c3c4ccccc4n(C)c3c2=O)cc1Cl. The summed E-state index contributed by atoms with van der Waals surface area (Å²) in [5.41, 5.74) is 3.57. The van der Waals surface area contributed by atoms with E-state index < -0.39 is 0 Å². The number of methoxy groups -OCH3 is 1. The van der Waals surface area contributed by atoms with Crippen LogP contribution in [-0.4, -0.2) is 27.4 Å². The molecule has 0 aliphatic heterocycles. The van der Waals surface area contributed by atoms with Crippen LogP contribution in [0.3, 0.4) is 0 Å². The smallest absolute Gasteiger partial charge is 0.296 e. The van der Waals surface area contributed by atoms with Crippen LogP contribution in [0, 0.1) is 6.92 Å². The van der Waals surface area contributed by atoms with Crippen LogP contribution in [0.4, 0.5) is 0 Å². The molecule has 0 saturated carbocycles. The Kier molecular flexibility index (Phi) is 5.78. The summed E-state index contributed by atoms with van der Waals surface area (Å²) in [6, 6.07) is 20.5. The maximum atomic E-state index is 13.6. The summed E-state index contributed by atoms with van der Waals surface area (Å²) in [6.07, 6.45) is 0. The van der Waals surface area contributed by atoms with Gasteiger partial charge in [-0.1, -0.05) is 59.6 Å². The molecule has 5 aromatic rings. The first-order valence-electron chi connectivity index (χ1n) is 11.1. The van der Waals surface area contributed by atoms with Crippen molar-refractivity contribution in [3.05, 3.63) is 98.9 Å². The minimum atomic E-state index is -0.375. The maximum absolute atomic E-state index is 13.6. The Bertz CT molecular complexity index is 1650. The highest BCUT2D eigenvalue weighted by atomic mass is 35.5. The molecule has 0 atom stereocenters. The number of nitrogens with one attached hydrogen (secondary N) is 1. The van der Waals surface area contributed by atoms with Crippen molar-refractivity contribution in [1.82, 2.24) is 19.7 Å². The Hall–Kier alpha value is -4.10. The Balaban J connectivity index is 1.70. The number of fused-ring (bicyclic) bond motifs is 3. The minimum absolute atomic E-state index is 0.162. The van der Waals surface area contributed by atoms with Crippen molar-refractivity contribution in [1.29, 1.82) is 0 Å². The molecule has 3 aromatic carbocycles. The number of nitrogens with zero attached hydrogens (tertiary/aromatic N) is 3. The Labute approximate surface area is 206 Å². The second-order valence-corrected chi connectivity index (χ2v) is 8.76. The van der Waals surface area contributed by atoms with Crippen molar-refractivity contribution in [2.45, 2.75) is 13.5 Å². The largest absolute Gasteiger partial charge is 0.495 e. The molecule has 1 amide bonds. The van der Waals surface area contributed by atoms with Crippen LogP contribution in [0.15, 0.2) is 71.5 Å². The first kappa shape index (κ1) is 22.7. The molecule has 176 valence electrons. The molecule has 0 radical (unpaired) electrons. The maximum Gasteiger partial charge on any atom is 0.296 e. The number of carbonyl (C=O) groups is 1. The molecule has 2 aromatic heterocycles. The number of carbonyl (C=O) groups excluding carboxylic acids is 1. The van der Waals surface area contributed by atoms with E-state index in [1.165, 1.54) is 11.8 Å². The van der Waals surface area contributed by atoms with Gasteiger partial charge in [0.15, 0.2) is 5.69 Å². The van der Waals surface area contributed by atoms with Crippen molar-refractivity contribution < 1.29 is 9.53 Å². The monoisotopic (exact) mass is 486 g/mol. The second kappa shape index (κ2) is 8.92. The number of aryl methyl sites for hydroxylation is 2. The summed E-state index contributed by atoms with van der Waals surface area (Å²) in [5.74, 6) is 0.102. The first-order chi connectivity index (χ1) is 16.9. The van der Waals surface area contributed by atoms with E-state index in [1.807, 2.05) is 62.5 Å². The zero-order valence-corrected chi connectivity index (χ0v) is 20.3. The van der Waals surface area contributed by atoms with E-state index in [-0.39, 0.29) is 17.2 Å². The normalized spacial score (nSPS) is 11.2. The van der Waals surface area contributed by atoms with Crippen LogP contribution >= 0.6 is 11.6 Å². The number of benzene rings is 3. The Morgan fingerprint density at radius 2 is 1.83 bits per heavy atom. The van der Waals surface area contributed by atoms with Gasteiger partial charge in [-0.2, -0.15) is 9.78 Å². The third-order valence-electron chi connectivity index (χ3n) is 6.11. The molecule has 7 nitrogen and oxygen atoms in total. The minimum Gasteiger partial charge on any atom is -0.495 e. The van der Waals surface area contributed by atoms with Gasteiger partial charge in [-0.15, -0.1) is 0 Å². The number of aromatic nitrogens is 3. The molecule has 0 unspecified atom stereocenters. The van der Waals surface area contributed by atoms with Crippen LogP contribution in [0.25, 0.3) is 27.5 Å². The Morgan fingerprint density at radius 3 is 2.54 bits per heavy atom. The number of amides is 1. The quantitative estimate of drug-likeness (QED) is 0.388. The van der Waals surface area contributed by atoms with Gasteiger partial charge in [0, 0.05) is 29.9 Å². The third kappa shape index (κ3) is 3.94. The summed E-state index contributed by atoms with van der Waals surface area (Å²) in [7, 11) is 3.33. The lowest BCUT2D eigenvalue weighted by atomic mass is 10.1. The predicted octanol–water partition coefficient (Wildman–Crippen LogP) is 4.78. The van der Waals surface area contributed by atoms with Gasteiger partial charge >= 0.3 is 0 Å². The fraction of sp³-hybridized carbons (Fsp3) is 0.148. The van der Waals surface area contributed by atoms with E-state index in [0.717, 1.165) is 22.0 Å². The summed E-state index contributed by atoms with van der Waals surface area (Å²) in [6.45, 7) is 2.35. The molecular weight excluding hydrogens is 464 g/mol. The standard InChI is InChI=1S/C27H23ClN4O3/c1-16-8-10-17(11-9-16)15-29-26(33)24-23-19-6-4-5-7-21(19)31(2)25(23)27(34)32(30-24)18-12-13-22(35-3)20(28)14-18/h4-14H,15H2,1-3H3,(H,29,33). The number of hydrogen-bond acceptors (Lipinski definition) is 4. The summed E-state index contributed by atoms with van der Waals surface area (Å²) < 4.78 is 8.24. The van der Waals surface area contributed by atoms with Gasteiger partial charge in [0.25, 0.3) is 11.5 Å². The van der Waals surface area contributed by atoms with Crippen LogP contribution in [0.5, 0.6) is 5.75 Å². The molecule has 1 N–H and O–H groups in total. The van der Waals surface area contributed by atoms with E-state index in [0.29, 0.717) is 33.9 Å².